The lowest BCUT2D eigenvalue weighted by Gasteiger charge is -2.20. The summed E-state index contributed by atoms with van der Waals surface area (Å²) in [7, 11) is 0. The van der Waals surface area contributed by atoms with Crippen LogP contribution in [0.25, 0.3) is 0 Å². The fraction of sp³-hybridized carbons (Fsp3) is 0.385. The fourth-order valence-electron chi connectivity index (χ4n) is 1.89. The van der Waals surface area contributed by atoms with Crippen LogP contribution in [0.5, 0.6) is 0 Å². The minimum atomic E-state index is -0.0941. The molecule has 0 unspecified atom stereocenters. The van der Waals surface area contributed by atoms with Gasteiger partial charge in [0.1, 0.15) is 0 Å². The molecule has 0 atom stereocenters. The molecule has 1 aliphatic carbocycles. The first kappa shape index (κ1) is 11.6. The summed E-state index contributed by atoms with van der Waals surface area (Å²) < 4.78 is 0. The van der Waals surface area contributed by atoms with Crippen molar-refractivity contribution in [1.29, 1.82) is 0 Å². The topological polar surface area (TPSA) is 49.4 Å². The highest BCUT2D eigenvalue weighted by atomic mass is 16.2. The molecule has 1 fully saturated rings. The normalized spacial score (nSPS) is 14.2. The van der Waals surface area contributed by atoms with Crippen LogP contribution < -0.4 is 10.2 Å². The molecule has 2 rings (SSSR count). The van der Waals surface area contributed by atoms with E-state index in [0.29, 0.717) is 6.04 Å². The number of hydrogen-bond donors (Lipinski definition) is 1. The number of amides is 2. The lowest BCUT2D eigenvalue weighted by atomic mass is 10.2. The summed E-state index contributed by atoms with van der Waals surface area (Å²) in [6.45, 7) is 3.06. The standard InChI is InChI=1S/C13H16N2O2/c1-9(16)14-11-3-5-12(6-4-11)15(10(2)17)13-7-8-13/h3-6,13H,7-8H2,1-2H3,(H,14,16). The Balaban J connectivity index is 2.15. The number of rotatable bonds is 3. The highest BCUT2D eigenvalue weighted by molar-refractivity contribution is 5.93. The van der Waals surface area contributed by atoms with Crippen molar-refractivity contribution >= 4 is 23.2 Å². The first-order valence-electron chi connectivity index (χ1n) is 5.75. The van der Waals surface area contributed by atoms with Crippen molar-refractivity contribution < 1.29 is 9.59 Å². The van der Waals surface area contributed by atoms with Gasteiger partial charge >= 0.3 is 0 Å². The Morgan fingerprint density at radius 3 is 2.18 bits per heavy atom. The van der Waals surface area contributed by atoms with Crippen molar-refractivity contribution in [2.75, 3.05) is 10.2 Å². The van der Waals surface area contributed by atoms with Gasteiger partial charge in [-0.2, -0.15) is 0 Å². The largest absolute Gasteiger partial charge is 0.326 e. The van der Waals surface area contributed by atoms with Crippen LogP contribution in [0.15, 0.2) is 24.3 Å². The van der Waals surface area contributed by atoms with E-state index >= 15 is 0 Å². The van der Waals surface area contributed by atoms with Crippen LogP contribution in [0.3, 0.4) is 0 Å². The van der Waals surface area contributed by atoms with Crippen LogP contribution >= 0.6 is 0 Å². The van der Waals surface area contributed by atoms with Crippen LogP contribution in [-0.2, 0) is 9.59 Å². The van der Waals surface area contributed by atoms with Gasteiger partial charge in [0.25, 0.3) is 0 Å². The maximum absolute atomic E-state index is 11.5. The predicted molar refractivity (Wildman–Crippen MR) is 66.9 cm³/mol. The molecule has 1 N–H and O–H groups in total. The minimum Gasteiger partial charge on any atom is -0.326 e. The third kappa shape index (κ3) is 2.84. The first-order valence-corrected chi connectivity index (χ1v) is 5.75. The van der Waals surface area contributed by atoms with Gasteiger partial charge in [-0.25, -0.2) is 0 Å². The molecule has 0 aromatic heterocycles. The first-order chi connectivity index (χ1) is 8.08. The summed E-state index contributed by atoms with van der Waals surface area (Å²) in [6.07, 6.45) is 2.15. The maximum Gasteiger partial charge on any atom is 0.224 e. The van der Waals surface area contributed by atoms with Gasteiger partial charge in [0.2, 0.25) is 11.8 Å². The molecule has 0 saturated heterocycles. The van der Waals surface area contributed by atoms with Gasteiger partial charge in [-0.05, 0) is 37.1 Å². The van der Waals surface area contributed by atoms with E-state index < -0.39 is 0 Å². The molecular weight excluding hydrogens is 216 g/mol. The van der Waals surface area contributed by atoms with Crippen molar-refractivity contribution in [3.05, 3.63) is 24.3 Å². The molecule has 2 amide bonds. The molecule has 0 heterocycles. The number of carbonyl (C=O) groups is 2. The van der Waals surface area contributed by atoms with Crippen LogP contribution in [0.4, 0.5) is 11.4 Å². The maximum atomic E-state index is 11.5. The Kier molecular flexibility index (Phi) is 3.13. The van der Waals surface area contributed by atoms with E-state index in [1.807, 2.05) is 29.2 Å². The zero-order valence-corrected chi connectivity index (χ0v) is 10.1. The fourth-order valence-corrected chi connectivity index (χ4v) is 1.89. The van der Waals surface area contributed by atoms with Crippen LogP contribution in [0, 0.1) is 0 Å². The molecule has 90 valence electrons. The summed E-state index contributed by atoms with van der Waals surface area (Å²) in [4.78, 5) is 24.2. The summed E-state index contributed by atoms with van der Waals surface area (Å²) >= 11 is 0. The van der Waals surface area contributed by atoms with Crippen LogP contribution in [0.2, 0.25) is 0 Å². The molecule has 4 heteroatoms. The lowest BCUT2D eigenvalue weighted by Crippen LogP contribution is -2.30. The van der Waals surface area contributed by atoms with Crippen molar-refractivity contribution in [1.82, 2.24) is 0 Å². The SMILES string of the molecule is CC(=O)Nc1ccc(N(C(C)=O)C2CC2)cc1. The van der Waals surface area contributed by atoms with Crippen molar-refractivity contribution in [3.8, 4) is 0 Å². The van der Waals surface area contributed by atoms with Gasteiger partial charge in [-0.3, -0.25) is 9.59 Å². The van der Waals surface area contributed by atoms with E-state index in [1.54, 1.807) is 6.92 Å². The Labute approximate surface area is 101 Å². The van der Waals surface area contributed by atoms with Gasteiger partial charge < -0.3 is 10.2 Å². The number of nitrogens with zero attached hydrogens (tertiary/aromatic N) is 1. The Hall–Kier alpha value is -1.84. The molecule has 1 aliphatic rings. The van der Waals surface area contributed by atoms with Gasteiger partial charge in [0, 0.05) is 31.3 Å². The van der Waals surface area contributed by atoms with E-state index in [4.69, 9.17) is 0 Å². The Bertz CT molecular complexity index is 435. The van der Waals surface area contributed by atoms with E-state index in [0.717, 1.165) is 24.2 Å². The molecule has 0 radical (unpaired) electrons. The highest BCUT2D eigenvalue weighted by Gasteiger charge is 2.31. The summed E-state index contributed by atoms with van der Waals surface area (Å²) in [6, 6.07) is 7.72. The summed E-state index contributed by atoms with van der Waals surface area (Å²) in [5, 5.41) is 2.70. The van der Waals surface area contributed by atoms with Crippen molar-refractivity contribution in [2.45, 2.75) is 32.7 Å². The molecule has 0 spiro atoms. The molecule has 0 bridgehead atoms. The monoisotopic (exact) mass is 232 g/mol. The van der Waals surface area contributed by atoms with Gasteiger partial charge in [0.15, 0.2) is 0 Å². The summed E-state index contributed by atoms with van der Waals surface area (Å²) in [5.74, 6) is -0.0249. The van der Waals surface area contributed by atoms with E-state index in [9.17, 15) is 9.59 Å². The zero-order chi connectivity index (χ0) is 12.4. The number of anilines is 2. The molecule has 1 aromatic carbocycles. The molecule has 0 aliphatic heterocycles. The van der Waals surface area contributed by atoms with Crippen LogP contribution in [0.1, 0.15) is 26.7 Å². The van der Waals surface area contributed by atoms with Gasteiger partial charge in [0.05, 0.1) is 0 Å². The van der Waals surface area contributed by atoms with E-state index in [1.165, 1.54) is 6.92 Å². The number of benzene rings is 1. The van der Waals surface area contributed by atoms with Crippen LogP contribution in [-0.4, -0.2) is 17.9 Å². The highest BCUT2D eigenvalue weighted by Crippen LogP contribution is 2.32. The van der Waals surface area contributed by atoms with Gasteiger partial charge in [-0.1, -0.05) is 0 Å². The third-order valence-electron chi connectivity index (χ3n) is 2.72. The smallest absolute Gasteiger partial charge is 0.224 e. The summed E-state index contributed by atoms with van der Waals surface area (Å²) in [5.41, 5.74) is 1.65. The number of nitrogens with one attached hydrogen (secondary N) is 1. The molecule has 1 aromatic rings. The second-order valence-electron chi connectivity index (χ2n) is 4.35. The number of carbonyl (C=O) groups excluding carboxylic acids is 2. The van der Waals surface area contributed by atoms with E-state index in [2.05, 4.69) is 5.32 Å². The number of hydrogen-bond acceptors (Lipinski definition) is 2. The molecule has 17 heavy (non-hydrogen) atoms. The molecule has 4 nitrogen and oxygen atoms in total. The van der Waals surface area contributed by atoms with Gasteiger partial charge in [-0.15, -0.1) is 0 Å². The molecular formula is C13H16N2O2. The van der Waals surface area contributed by atoms with Crippen molar-refractivity contribution in [2.24, 2.45) is 0 Å². The average molecular weight is 232 g/mol. The van der Waals surface area contributed by atoms with Crippen molar-refractivity contribution in [3.63, 3.8) is 0 Å². The minimum absolute atomic E-state index is 0.0692. The molecule has 1 saturated carbocycles. The second kappa shape index (κ2) is 4.57. The zero-order valence-electron chi connectivity index (χ0n) is 10.1. The second-order valence-corrected chi connectivity index (χ2v) is 4.35. The average Bonchev–Trinajstić information content (AvgIpc) is 3.04. The third-order valence-corrected chi connectivity index (χ3v) is 2.72. The Morgan fingerprint density at radius 1 is 1.18 bits per heavy atom. The lowest BCUT2D eigenvalue weighted by molar-refractivity contribution is -0.116. The predicted octanol–water partition coefficient (Wildman–Crippen LogP) is 2.16. The van der Waals surface area contributed by atoms with E-state index in [-0.39, 0.29) is 11.8 Å². The Morgan fingerprint density at radius 2 is 1.76 bits per heavy atom. The quantitative estimate of drug-likeness (QED) is 0.868.